The zero-order chi connectivity index (χ0) is 56.8. The fourth-order valence-electron chi connectivity index (χ4n) is 6.85. The molecule has 0 aliphatic carbocycles. The van der Waals surface area contributed by atoms with E-state index in [1.807, 2.05) is 18.2 Å². The molecule has 16 nitrogen and oxygen atoms in total. The number of ether oxygens (including phenoxy) is 3. The van der Waals surface area contributed by atoms with Crippen molar-refractivity contribution in [3.05, 3.63) is 97.2 Å². The number of rotatable bonds is 53. The molecule has 442 valence electrons. The number of allylic oxidation sites excluding steroid dienone is 16. The number of carbonyl (C=O) groups is 3. The SMILES string of the molecule is CC/C=C\C/C=C\C/C=C\C/C=C\C/C=C\C/C=C\CCC(=O)OCC(O)COP(=O)(O)OCC(O)COP(=O)(O)OCC(COC(=O)CCCCCCC/C=C\CCCC)OC(=O)CCCCCCC/C=C\CCCC. The number of hydrogen-bond acceptors (Lipinski definition) is 14. The van der Waals surface area contributed by atoms with Crippen LogP contribution in [-0.4, -0.2) is 95.9 Å². The molecule has 0 bridgehead atoms. The van der Waals surface area contributed by atoms with Crippen molar-refractivity contribution in [1.29, 1.82) is 0 Å². The first-order valence-corrected chi connectivity index (χ1v) is 31.5. The van der Waals surface area contributed by atoms with Gasteiger partial charge in [0.2, 0.25) is 0 Å². The molecule has 0 radical (unpaired) electrons. The number of esters is 3. The van der Waals surface area contributed by atoms with Crippen molar-refractivity contribution < 1.29 is 75.8 Å². The third-order valence-electron chi connectivity index (χ3n) is 11.3. The first kappa shape index (κ1) is 73.5. The molecule has 0 aromatic carbocycles. The topological polar surface area (TPSA) is 231 Å². The summed E-state index contributed by atoms with van der Waals surface area (Å²) in [5.41, 5.74) is 0. The molecule has 0 aromatic heterocycles. The number of phosphoric ester groups is 2. The Balaban J connectivity index is 4.67. The number of phosphoric acid groups is 2. The quantitative estimate of drug-likeness (QED) is 0.0146. The fourth-order valence-corrected chi connectivity index (χ4v) is 8.43. The van der Waals surface area contributed by atoms with Crippen LogP contribution in [0.5, 0.6) is 0 Å². The second-order valence-corrected chi connectivity index (χ2v) is 21.6. The third kappa shape index (κ3) is 54.2. The molecule has 0 aliphatic heterocycles. The molecule has 0 heterocycles. The van der Waals surface area contributed by atoms with E-state index in [0.717, 1.165) is 109 Å². The van der Waals surface area contributed by atoms with E-state index in [9.17, 15) is 43.5 Å². The summed E-state index contributed by atoms with van der Waals surface area (Å²) in [4.78, 5) is 57.8. The van der Waals surface area contributed by atoms with Gasteiger partial charge in [0.05, 0.1) is 26.4 Å². The predicted octanol–water partition coefficient (Wildman–Crippen LogP) is 14.4. The van der Waals surface area contributed by atoms with Gasteiger partial charge in [0.25, 0.3) is 0 Å². The maximum absolute atomic E-state index is 12.8. The Morgan fingerprint density at radius 1 is 0.377 bits per heavy atom. The van der Waals surface area contributed by atoms with Crippen LogP contribution in [0, 0.1) is 0 Å². The van der Waals surface area contributed by atoms with Crippen molar-refractivity contribution in [3.63, 3.8) is 0 Å². The highest BCUT2D eigenvalue weighted by atomic mass is 31.2. The molecule has 77 heavy (non-hydrogen) atoms. The van der Waals surface area contributed by atoms with Crippen LogP contribution in [0.4, 0.5) is 0 Å². The zero-order valence-corrected chi connectivity index (χ0v) is 48.9. The molecule has 4 N–H and O–H groups in total. The van der Waals surface area contributed by atoms with Crippen molar-refractivity contribution in [2.75, 3.05) is 39.6 Å². The van der Waals surface area contributed by atoms with Gasteiger partial charge >= 0.3 is 33.6 Å². The summed E-state index contributed by atoms with van der Waals surface area (Å²) in [6.07, 6.45) is 53.7. The number of carbonyl (C=O) groups excluding carboxylic acids is 3. The lowest BCUT2D eigenvalue weighted by atomic mass is 10.1. The van der Waals surface area contributed by atoms with Crippen molar-refractivity contribution in [1.82, 2.24) is 0 Å². The van der Waals surface area contributed by atoms with Crippen LogP contribution in [0.15, 0.2) is 97.2 Å². The van der Waals surface area contributed by atoms with Crippen LogP contribution < -0.4 is 0 Å². The molecule has 0 spiro atoms. The molecule has 0 aromatic rings. The van der Waals surface area contributed by atoms with E-state index in [4.69, 9.17) is 32.3 Å². The Bertz CT molecular complexity index is 1810. The van der Waals surface area contributed by atoms with E-state index >= 15 is 0 Å². The smallest absolute Gasteiger partial charge is 0.463 e. The lowest BCUT2D eigenvalue weighted by Gasteiger charge is -2.21. The zero-order valence-electron chi connectivity index (χ0n) is 47.1. The molecule has 5 unspecified atom stereocenters. The maximum atomic E-state index is 12.8. The summed E-state index contributed by atoms with van der Waals surface area (Å²) in [6.45, 7) is 2.31. The van der Waals surface area contributed by atoms with Crippen molar-refractivity contribution >= 4 is 33.6 Å². The first-order valence-electron chi connectivity index (χ1n) is 28.5. The monoisotopic (exact) mass is 1130 g/mol. The van der Waals surface area contributed by atoms with Crippen LogP contribution in [0.3, 0.4) is 0 Å². The molecule has 0 saturated heterocycles. The molecule has 5 atom stereocenters. The highest BCUT2D eigenvalue weighted by Gasteiger charge is 2.29. The van der Waals surface area contributed by atoms with Gasteiger partial charge in [-0.2, -0.15) is 0 Å². The van der Waals surface area contributed by atoms with E-state index < -0.39 is 91.5 Å². The average Bonchev–Trinajstić information content (AvgIpc) is 3.40. The minimum absolute atomic E-state index is 0.0586. The van der Waals surface area contributed by atoms with Gasteiger partial charge < -0.3 is 34.2 Å². The van der Waals surface area contributed by atoms with Crippen LogP contribution in [0.2, 0.25) is 0 Å². The van der Waals surface area contributed by atoms with Gasteiger partial charge in [0, 0.05) is 19.3 Å². The summed E-state index contributed by atoms with van der Waals surface area (Å²) in [5.74, 6) is -1.69. The largest absolute Gasteiger partial charge is 0.472 e. The van der Waals surface area contributed by atoms with Crippen LogP contribution in [-0.2, 0) is 55.8 Å². The van der Waals surface area contributed by atoms with Gasteiger partial charge in [-0.3, -0.25) is 32.5 Å². The second kappa shape index (κ2) is 53.1. The summed E-state index contributed by atoms with van der Waals surface area (Å²) >= 11 is 0. The number of unbranched alkanes of at least 4 members (excludes halogenated alkanes) is 14. The minimum Gasteiger partial charge on any atom is -0.463 e. The molecule has 0 aliphatic rings. The highest BCUT2D eigenvalue weighted by molar-refractivity contribution is 7.47. The van der Waals surface area contributed by atoms with Crippen LogP contribution in [0.25, 0.3) is 0 Å². The van der Waals surface area contributed by atoms with Gasteiger partial charge in [-0.1, -0.05) is 182 Å². The molecule has 0 amide bonds. The molecule has 18 heteroatoms. The van der Waals surface area contributed by atoms with E-state index in [1.165, 1.54) is 25.7 Å². The van der Waals surface area contributed by atoms with E-state index in [1.54, 1.807) is 0 Å². The maximum Gasteiger partial charge on any atom is 0.472 e. The minimum atomic E-state index is -4.92. The van der Waals surface area contributed by atoms with Crippen molar-refractivity contribution in [2.24, 2.45) is 0 Å². The summed E-state index contributed by atoms with van der Waals surface area (Å²) in [6, 6.07) is 0. The Morgan fingerprint density at radius 3 is 1.17 bits per heavy atom. The summed E-state index contributed by atoms with van der Waals surface area (Å²) in [5, 5.41) is 20.4. The standard InChI is InChI=1S/C59H100O16P2/c1-4-7-10-13-16-19-22-23-24-25-26-27-28-29-32-34-36-39-42-45-57(62)69-48-54(60)49-71-76(65,66)72-50-55(61)51-73-77(67,68)74-53-56(75-59(64)47-44-41-38-35-31-21-18-15-12-9-6-3)52-70-58(63)46-43-40-37-33-30-20-17-14-11-8-5-2/h7,10,14-19,23-24,26-27,29,32,36,39,54-56,60-61H,4-6,8-9,11-13,20-22,25,28,30-31,33-35,37-38,40-53H2,1-3H3,(H,65,66)(H,67,68)/b10-7-,17-14-,18-15-,19-16-,24-23-,27-26-,32-29-,39-36-. The van der Waals surface area contributed by atoms with Gasteiger partial charge in [0.15, 0.2) is 6.10 Å². The van der Waals surface area contributed by atoms with Gasteiger partial charge in [-0.15, -0.1) is 0 Å². The molecule has 0 rings (SSSR count). The Hall–Kier alpha value is -3.53. The molecule has 0 fully saturated rings. The van der Waals surface area contributed by atoms with E-state index in [-0.39, 0.29) is 19.3 Å². The van der Waals surface area contributed by atoms with Crippen LogP contribution >= 0.6 is 15.6 Å². The van der Waals surface area contributed by atoms with Crippen molar-refractivity contribution in [2.45, 2.75) is 219 Å². The molecular weight excluding hydrogens is 1030 g/mol. The van der Waals surface area contributed by atoms with Gasteiger partial charge in [-0.05, 0) is 96.3 Å². The van der Waals surface area contributed by atoms with Gasteiger partial charge in [0.1, 0.15) is 25.4 Å². The Morgan fingerprint density at radius 2 is 0.714 bits per heavy atom. The molecule has 0 saturated carbocycles. The van der Waals surface area contributed by atoms with E-state index in [0.29, 0.717) is 25.7 Å². The summed E-state index contributed by atoms with van der Waals surface area (Å²) < 4.78 is 60.3. The Kier molecular flexibility index (Phi) is 50.7. The summed E-state index contributed by atoms with van der Waals surface area (Å²) in [7, 11) is -9.77. The predicted molar refractivity (Wildman–Crippen MR) is 307 cm³/mol. The normalized spacial score (nSPS) is 15.3. The van der Waals surface area contributed by atoms with Gasteiger partial charge in [-0.25, -0.2) is 9.13 Å². The highest BCUT2D eigenvalue weighted by Crippen LogP contribution is 2.45. The average molecular weight is 1130 g/mol. The fraction of sp³-hybridized carbons (Fsp3) is 0.678. The van der Waals surface area contributed by atoms with E-state index in [2.05, 4.69) is 99.8 Å². The number of hydrogen-bond donors (Lipinski definition) is 4. The Labute approximate surface area is 463 Å². The second-order valence-electron chi connectivity index (χ2n) is 18.7. The first-order chi connectivity index (χ1) is 37.2. The lowest BCUT2D eigenvalue weighted by molar-refractivity contribution is -0.161. The molecular formula is C59H100O16P2. The van der Waals surface area contributed by atoms with Crippen molar-refractivity contribution in [3.8, 4) is 0 Å². The lowest BCUT2D eigenvalue weighted by Crippen LogP contribution is -2.30. The van der Waals surface area contributed by atoms with Crippen LogP contribution in [0.1, 0.15) is 201 Å². The number of aliphatic hydroxyl groups excluding tert-OH is 2. The third-order valence-corrected chi connectivity index (χ3v) is 13.2. The number of aliphatic hydroxyl groups is 2.